The zero-order valence-corrected chi connectivity index (χ0v) is 13.7. The second kappa shape index (κ2) is 7.22. The van der Waals surface area contributed by atoms with Gasteiger partial charge in [-0.15, -0.1) is 0 Å². The van der Waals surface area contributed by atoms with Gasteiger partial charge in [-0.2, -0.15) is 0 Å². The van der Waals surface area contributed by atoms with Gasteiger partial charge in [-0.3, -0.25) is 4.79 Å². The minimum Gasteiger partial charge on any atom is -0.384 e. The maximum atomic E-state index is 12.4. The normalized spacial score (nSPS) is 10.2. The molecule has 1 amide bonds. The number of amides is 1. The maximum Gasteiger partial charge on any atom is 0.258 e. The molecule has 5 heteroatoms. The molecule has 0 atom stereocenters. The van der Waals surface area contributed by atoms with Gasteiger partial charge in [-0.25, -0.2) is 4.98 Å². The van der Waals surface area contributed by atoms with Gasteiger partial charge in [-0.1, -0.05) is 13.0 Å². The fraction of sp³-hybridized carbons (Fsp3) is 0.250. The maximum absolute atomic E-state index is 12.4. The quantitative estimate of drug-likeness (QED) is 0.850. The van der Waals surface area contributed by atoms with Gasteiger partial charge in [0.2, 0.25) is 0 Å². The van der Waals surface area contributed by atoms with Crippen LogP contribution in [0, 0.1) is 6.92 Å². The third kappa shape index (κ3) is 4.04. The number of pyridine rings is 1. The molecule has 0 aliphatic heterocycles. The minimum atomic E-state index is -0.173. The van der Waals surface area contributed by atoms with E-state index in [1.165, 1.54) is 0 Å². The highest BCUT2D eigenvalue weighted by atomic mass is 79.9. The van der Waals surface area contributed by atoms with Gasteiger partial charge >= 0.3 is 0 Å². The molecule has 0 unspecified atom stereocenters. The van der Waals surface area contributed by atoms with Gasteiger partial charge in [0.1, 0.15) is 5.82 Å². The number of aromatic nitrogens is 1. The summed E-state index contributed by atoms with van der Waals surface area (Å²) in [5, 5.41) is 6.12. The molecule has 4 nitrogen and oxygen atoms in total. The number of carbonyl (C=O) groups is 1. The van der Waals surface area contributed by atoms with Crippen molar-refractivity contribution in [1.29, 1.82) is 0 Å². The first-order valence-corrected chi connectivity index (χ1v) is 7.67. The summed E-state index contributed by atoms with van der Waals surface area (Å²) in [6, 6.07) is 9.39. The van der Waals surface area contributed by atoms with Crippen LogP contribution >= 0.6 is 15.9 Å². The molecule has 0 radical (unpaired) electrons. The van der Waals surface area contributed by atoms with Crippen molar-refractivity contribution in [3.63, 3.8) is 0 Å². The minimum absolute atomic E-state index is 0.173. The molecule has 0 aliphatic rings. The number of hydrogen-bond acceptors (Lipinski definition) is 3. The highest BCUT2D eigenvalue weighted by Crippen LogP contribution is 2.22. The largest absolute Gasteiger partial charge is 0.384 e. The van der Waals surface area contributed by atoms with Crippen LogP contribution in [-0.2, 0) is 0 Å². The van der Waals surface area contributed by atoms with Gasteiger partial charge < -0.3 is 10.6 Å². The summed E-state index contributed by atoms with van der Waals surface area (Å²) in [6.45, 7) is 4.93. The van der Waals surface area contributed by atoms with Crippen LogP contribution in [0.3, 0.4) is 0 Å². The van der Waals surface area contributed by atoms with Crippen molar-refractivity contribution in [2.24, 2.45) is 0 Å². The van der Waals surface area contributed by atoms with Crippen LogP contribution in [0.2, 0.25) is 0 Å². The van der Waals surface area contributed by atoms with Crippen LogP contribution in [0.5, 0.6) is 0 Å². The van der Waals surface area contributed by atoms with E-state index >= 15 is 0 Å². The third-order valence-corrected chi connectivity index (χ3v) is 3.62. The van der Waals surface area contributed by atoms with Crippen LogP contribution < -0.4 is 10.6 Å². The molecule has 0 fully saturated rings. The molecule has 110 valence electrons. The molecule has 1 heterocycles. The Morgan fingerprint density at radius 3 is 2.86 bits per heavy atom. The second-order valence-corrected chi connectivity index (χ2v) is 5.62. The van der Waals surface area contributed by atoms with Gasteiger partial charge in [0.05, 0.1) is 10.0 Å². The SMILES string of the molecule is CCCNc1cc(C)ccc1C(=O)Nc1ncccc1Br. The van der Waals surface area contributed by atoms with Crippen LogP contribution in [0.1, 0.15) is 29.3 Å². The predicted octanol–water partition coefficient (Wildman–Crippen LogP) is 4.23. The Labute approximate surface area is 133 Å². The van der Waals surface area contributed by atoms with E-state index in [9.17, 15) is 4.79 Å². The molecule has 1 aromatic carbocycles. The van der Waals surface area contributed by atoms with E-state index in [0.29, 0.717) is 11.4 Å². The zero-order chi connectivity index (χ0) is 15.2. The molecule has 2 aromatic rings. The summed E-state index contributed by atoms with van der Waals surface area (Å²) in [6.07, 6.45) is 2.65. The molecule has 0 saturated heterocycles. The molecular formula is C16H18BrN3O. The lowest BCUT2D eigenvalue weighted by Crippen LogP contribution is -2.16. The fourth-order valence-electron chi connectivity index (χ4n) is 1.91. The number of halogens is 1. The highest BCUT2D eigenvalue weighted by Gasteiger charge is 2.13. The van der Waals surface area contributed by atoms with Gasteiger partial charge in [-0.05, 0) is 59.1 Å². The number of nitrogens with zero attached hydrogens (tertiary/aromatic N) is 1. The number of aryl methyl sites for hydroxylation is 1. The number of hydrogen-bond donors (Lipinski definition) is 2. The summed E-state index contributed by atoms with van der Waals surface area (Å²) in [5.41, 5.74) is 2.58. The van der Waals surface area contributed by atoms with E-state index < -0.39 is 0 Å². The number of anilines is 2. The van der Waals surface area contributed by atoms with Crippen molar-refractivity contribution in [2.45, 2.75) is 20.3 Å². The number of benzene rings is 1. The Morgan fingerprint density at radius 2 is 2.14 bits per heavy atom. The first-order chi connectivity index (χ1) is 10.1. The summed E-state index contributed by atoms with van der Waals surface area (Å²) in [7, 11) is 0. The van der Waals surface area contributed by atoms with Crippen molar-refractivity contribution in [1.82, 2.24) is 4.98 Å². The summed E-state index contributed by atoms with van der Waals surface area (Å²) in [5.74, 6) is 0.345. The van der Waals surface area contributed by atoms with Crippen molar-refractivity contribution in [3.05, 3.63) is 52.1 Å². The Bertz CT molecular complexity index is 643. The third-order valence-electron chi connectivity index (χ3n) is 2.98. The molecule has 0 spiro atoms. The first kappa shape index (κ1) is 15.5. The van der Waals surface area contributed by atoms with E-state index in [-0.39, 0.29) is 5.91 Å². The second-order valence-electron chi connectivity index (χ2n) is 4.76. The lowest BCUT2D eigenvalue weighted by atomic mass is 10.1. The average molecular weight is 348 g/mol. The summed E-state index contributed by atoms with van der Waals surface area (Å²) >= 11 is 3.38. The van der Waals surface area contributed by atoms with Crippen molar-refractivity contribution >= 4 is 33.3 Å². The number of nitrogens with one attached hydrogen (secondary N) is 2. The summed E-state index contributed by atoms with van der Waals surface area (Å²) < 4.78 is 0.758. The number of rotatable bonds is 5. The first-order valence-electron chi connectivity index (χ1n) is 6.88. The molecule has 0 bridgehead atoms. The van der Waals surface area contributed by atoms with Gasteiger partial charge in [0, 0.05) is 18.4 Å². The van der Waals surface area contributed by atoms with Crippen LogP contribution in [0.15, 0.2) is 41.0 Å². The van der Waals surface area contributed by atoms with Gasteiger partial charge in [0.25, 0.3) is 5.91 Å². The Kier molecular flexibility index (Phi) is 5.33. The Morgan fingerprint density at radius 1 is 1.33 bits per heavy atom. The molecule has 0 saturated carbocycles. The highest BCUT2D eigenvalue weighted by molar-refractivity contribution is 9.10. The lowest BCUT2D eigenvalue weighted by Gasteiger charge is -2.13. The average Bonchev–Trinajstić information content (AvgIpc) is 2.47. The lowest BCUT2D eigenvalue weighted by molar-refractivity contribution is 0.102. The molecule has 2 N–H and O–H groups in total. The zero-order valence-electron chi connectivity index (χ0n) is 12.1. The molecule has 21 heavy (non-hydrogen) atoms. The van der Waals surface area contributed by atoms with E-state index in [4.69, 9.17) is 0 Å². The smallest absolute Gasteiger partial charge is 0.258 e. The van der Waals surface area contributed by atoms with E-state index in [2.05, 4.69) is 38.5 Å². The number of carbonyl (C=O) groups excluding carboxylic acids is 1. The topological polar surface area (TPSA) is 54.0 Å². The van der Waals surface area contributed by atoms with Gasteiger partial charge in [0.15, 0.2) is 0 Å². The van der Waals surface area contributed by atoms with Crippen molar-refractivity contribution in [2.75, 3.05) is 17.2 Å². The van der Waals surface area contributed by atoms with Crippen molar-refractivity contribution in [3.8, 4) is 0 Å². The molecular weight excluding hydrogens is 330 g/mol. The van der Waals surface area contributed by atoms with Crippen LogP contribution in [0.25, 0.3) is 0 Å². The Hall–Kier alpha value is -1.88. The fourth-order valence-corrected chi connectivity index (χ4v) is 2.27. The van der Waals surface area contributed by atoms with Crippen LogP contribution in [-0.4, -0.2) is 17.4 Å². The standard InChI is InChI=1S/C16H18BrN3O/c1-3-8-18-14-10-11(2)6-7-12(14)16(21)20-15-13(17)5-4-9-19-15/h4-7,9-10,18H,3,8H2,1-2H3,(H,19,20,21). The molecule has 0 aliphatic carbocycles. The van der Waals surface area contributed by atoms with Crippen molar-refractivity contribution < 1.29 is 4.79 Å². The van der Waals surface area contributed by atoms with E-state index in [0.717, 1.165) is 28.7 Å². The molecule has 2 rings (SSSR count). The van der Waals surface area contributed by atoms with Crippen LogP contribution in [0.4, 0.5) is 11.5 Å². The van der Waals surface area contributed by atoms with E-state index in [1.54, 1.807) is 12.3 Å². The monoisotopic (exact) mass is 347 g/mol. The molecule has 1 aromatic heterocycles. The summed E-state index contributed by atoms with van der Waals surface area (Å²) in [4.78, 5) is 16.6. The van der Waals surface area contributed by atoms with E-state index in [1.807, 2.05) is 31.2 Å². The Balaban J connectivity index is 2.24. The predicted molar refractivity (Wildman–Crippen MR) is 89.8 cm³/mol.